The molecule has 0 radical (unpaired) electrons. The van der Waals surface area contributed by atoms with Crippen molar-refractivity contribution in [1.29, 1.82) is 0 Å². The Morgan fingerprint density at radius 1 is 1.29 bits per heavy atom. The van der Waals surface area contributed by atoms with Gasteiger partial charge >= 0.3 is 11.9 Å². The molecule has 8 atom stereocenters. The van der Waals surface area contributed by atoms with Gasteiger partial charge in [-0.3, -0.25) is 9.59 Å². The molecule has 0 aliphatic carbocycles. The first-order chi connectivity index (χ1) is 14.6. The van der Waals surface area contributed by atoms with Crippen molar-refractivity contribution < 1.29 is 38.7 Å². The Bertz CT molecular complexity index is 731. The van der Waals surface area contributed by atoms with E-state index in [1.54, 1.807) is 20.8 Å². The number of ether oxygens (including phenoxy) is 4. The molecule has 1 spiro atoms. The minimum Gasteiger partial charge on any atom is -0.462 e. The van der Waals surface area contributed by atoms with Gasteiger partial charge in [-0.25, -0.2) is 0 Å². The summed E-state index contributed by atoms with van der Waals surface area (Å²) in [5.41, 5.74) is -1.04. The molecule has 3 aliphatic heterocycles. The van der Waals surface area contributed by atoms with Crippen LogP contribution >= 0.6 is 0 Å². The number of hydrogen-bond acceptors (Lipinski definition) is 8. The van der Waals surface area contributed by atoms with Crippen LogP contribution in [0.2, 0.25) is 0 Å². The monoisotopic (exact) mass is 438 g/mol. The SMILES string of the molecule is C[C@H](C/C=C\C=C\[C@H]1CC[C@@]2(C[C@@H]3OC(=O)[C@@](C)(CO)[C@@H]3O2)O1)OC(=O)[C@H](C)[C@@H](C)O. The van der Waals surface area contributed by atoms with Crippen molar-refractivity contribution in [3.63, 3.8) is 0 Å². The van der Waals surface area contributed by atoms with Crippen LogP contribution < -0.4 is 0 Å². The molecule has 8 heteroatoms. The van der Waals surface area contributed by atoms with E-state index in [0.29, 0.717) is 19.3 Å². The number of hydrogen-bond donors (Lipinski definition) is 2. The summed E-state index contributed by atoms with van der Waals surface area (Å²) >= 11 is 0. The molecule has 0 unspecified atom stereocenters. The lowest BCUT2D eigenvalue weighted by Gasteiger charge is -2.29. The largest absolute Gasteiger partial charge is 0.462 e. The van der Waals surface area contributed by atoms with Gasteiger partial charge in [0.05, 0.1) is 24.7 Å². The Balaban J connectivity index is 1.44. The fraction of sp³-hybridized carbons (Fsp3) is 0.739. The lowest BCUT2D eigenvalue weighted by Crippen LogP contribution is -2.41. The maximum absolute atomic E-state index is 12.0. The predicted molar refractivity (Wildman–Crippen MR) is 111 cm³/mol. The molecule has 8 nitrogen and oxygen atoms in total. The van der Waals surface area contributed by atoms with Crippen LogP contribution in [0.3, 0.4) is 0 Å². The van der Waals surface area contributed by atoms with Crippen molar-refractivity contribution in [3.05, 3.63) is 24.3 Å². The number of fused-ring (bicyclic) bond motifs is 1. The molecule has 0 bridgehead atoms. The van der Waals surface area contributed by atoms with Gasteiger partial charge in [0.25, 0.3) is 0 Å². The molecule has 0 saturated carbocycles. The third-order valence-electron chi connectivity index (χ3n) is 6.50. The fourth-order valence-electron chi connectivity index (χ4n) is 4.17. The number of allylic oxidation sites excluding steroid dienone is 2. The van der Waals surface area contributed by atoms with E-state index in [1.165, 1.54) is 0 Å². The lowest BCUT2D eigenvalue weighted by molar-refractivity contribution is -0.226. The van der Waals surface area contributed by atoms with E-state index in [0.717, 1.165) is 6.42 Å². The van der Waals surface area contributed by atoms with Crippen LogP contribution in [0.5, 0.6) is 0 Å². The number of aliphatic hydroxyl groups excluding tert-OH is 2. The average molecular weight is 439 g/mol. The quantitative estimate of drug-likeness (QED) is 0.437. The summed E-state index contributed by atoms with van der Waals surface area (Å²) < 4.78 is 23.0. The molecular formula is C23H34O8. The zero-order valence-corrected chi connectivity index (χ0v) is 18.7. The first-order valence-corrected chi connectivity index (χ1v) is 11.0. The number of aliphatic hydroxyl groups is 2. The summed E-state index contributed by atoms with van der Waals surface area (Å²) in [5, 5.41) is 19.1. The molecule has 3 fully saturated rings. The fourth-order valence-corrected chi connectivity index (χ4v) is 4.17. The zero-order chi connectivity index (χ0) is 22.8. The van der Waals surface area contributed by atoms with E-state index in [2.05, 4.69) is 0 Å². The second-order valence-corrected chi connectivity index (χ2v) is 9.19. The van der Waals surface area contributed by atoms with Gasteiger partial charge in [-0.2, -0.15) is 0 Å². The third kappa shape index (κ3) is 5.03. The second-order valence-electron chi connectivity index (χ2n) is 9.19. The number of carbonyl (C=O) groups excluding carboxylic acids is 2. The first-order valence-electron chi connectivity index (χ1n) is 11.0. The van der Waals surface area contributed by atoms with Crippen LogP contribution in [-0.2, 0) is 28.5 Å². The molecule has 2 N–H and O–H groups in total. The highest BCUT2D eigenvalue weighted by Crippen LogP contribution is 2.51. The highest BCUT2D eigenvalue weighted by Gasteiger charge is 2.64. The Kier molecular flexibility index (Phi) is 7.25. The average Bonchev–Trinajstić information content (AvgIpc) is 3.35. The van der Waals surface area contributed by atoms with E-state index >= 15 is 0 Å². The van der Waals surface area contributed by atoms with E-state index in [4.69, 9.17) is 18.9 Å². The van der Waals surface area contributed by atoms with Crippen molar-refractivity contribution in [2.75, 3.05) is 6.61 Å². The Morgan fingerprint density at radius 3 is 2.71 bits per heavy atom. The molecule has 31 heavy (non-hydrogen) atoms. The van der Waals surface area contributed by atoms with Gasteiger partial charge in [0, 0.05) is 19.3 Å². The number of rotatable bonds is 8. The minimum atomic E-state index is -1.04. The molecule has 3 rings (SSSR count). The molecule has 3 heterocycles. The van der Waals surface area contributed by atoms with Crippen molar-refractivity contribution in [2.45, 2.75) is 89.7 Å². The topological polar surface area (TPSA) is 112 Å². The number of carbonyl (C=O) groups is 2. The minimum absolute atomic E-state index is 0.110. The van der Waals surface area contributed by atoms with Crippen LogP contribution in [0.25, 0.3) is 0 Å². The first kappa shape index (κ1) is 23.9. The summed E-state index contributed by atoms with van der Waals surface area (Å²) in [6, 6.07) is 0. The normalized spacial score (nSPS) is 38.0. The van der Waals surface area contributed by atoms with E-state index in [9.17, 15) is 19.8 Å². The van der Waals surface area contributed by atoms with E-state index in [1.807, 2.05) is 31.2 Å². The molecule has 3 saturated heterocycles. The van der Waals surface area contributed by atoms with Gasteiger partial charge < -0.3 is 29.2 Å². The Labute approximate surface area is 183 Å². The van der Waals surface area contributed by atoms with Crippen molar-refractivity contribution >= 4 is 11.9 Å². The zero-order valence-electron chi connectivity index (χ0n) is 18.7. The summed E-state index contributed by atoms with van der Waals surface area (Å²) in [6.07, 6.45) is 8.17. The van der Waals surface area contributed by atoms with Crippen molar-refractivity contribution in [2.24, 2.45) is 11.3 Å². The Hall–Kier alpha value is -1.74. The highest BCUT2D eigenvalue weighted by atomic mass is 16.7. The van der Waals surface area contributed by atoms with Gasteiger partial charge in [0.1, 0.15) is 23.7 Å². The third-order valence-corrected chi connectivity index (χ3v) is 6.50. The van der Waals surface area contributed by atoms with Crippen LogP contribution in [0.15, 0.2) is 24.3 Å². The predicted octanol–water partition coefficient (Wildman–Crippen LogP) is 2.03. The molecule has 0 amide bonds. The van der Waals surface area contributed by atoms with Crippen LogP contribution in [-0.4, -0.2) is 65.1 Å². The standard InChI is InChI=1S/C23H34O8/c1-14(28-20(26)15(2)16(3)25)8-6-5-7-9-17-10-11-23(30-17)12-18-19(31-23)22(4,13-24)21(27)29-18/h5-7,9,14-19,24-25H,8,10-13H2,1-4H3/b6-5-,9-7+/t14-,15-,16-,17+,18+,19-,22+,23-/m1/s1. The van der Waals surface area contributed by atoms with Crippen LogP contribution in [0.4, 0.5) is 0 Å². The maximum Gasteiger partial charge on any atom is 0.317 e. The van der Waals surface area contributed by atoms with Gasteiger partial charge in [0.2, 0.25) is 0 Å². The van der Waals surface area contributed by atoms with Crippen molar-refractivity contribution in [3.8, 4) is 0 Å². The Morgan fingerprint density at radius 2 is 2.03 bits per heavy atom. The molecule has 0 aromatic heterocycles. The summed E-state index contributed by atoms with van der Waals surface area (Å²) in [4.78, 5) is 23.9. The summed E-state index contributed by atoms with van der Waals surface area (Å²) in [7, 11) is 0. The van der Waals surface area contributed by atoms with Gasteiger partial charge in [0.15, 0.2) is 5.79 Å². The molecule has 0 aromatic carbocycles. The molecule has 0 aromatic rings. The highest BCUT2D eigenvalue weighted by molar-refractivity contribution is 5.80. The van der Waals surface area contributed by atoms with E-state index in [-0.39, 0.29) is 24.9 Å². The lowest BCUT2D eigenvalue weighted by atomic mass is 9.85. The van der Waals surface area contributed by atoms with E-state index < -0.39 is 41.3 Å². The smallest absolute Gasteiger partial charge is 0.317 e. The molecule has 3 aliphatic rings. The van der Waals surface area contributed by atoms with Crippen LogP contribution in [0, 0.1) is 11.3 Å². The van der Waals surface area contributed by atoms with Crippen LogP contribution in [0.1, 0.15) is 53.4 Å². The van der Waals surface area contributed by atoms with Gasteiger partial charge in [-0.1, -0.05) is 24.3 Å². The molecule has 174 valence electrons. The number of esters is 2. The summed E-state index contributed by atoms with van der Waals surface area (Å²) in [6.45, 7) is 6.37. The van der Waals surface area contributed by atoms with Gasteiger partial charge in [-0.15, -0.1) is 0 Å². The van der Waals surface area contributed by atoms with Crippen molar-refractivity contribution in [1.82, 2.24) is 0 Å². The summed E-state index contributed by atoms with van der Waals surface area (Å²) in [5.74, 6) is -2.14. The molecular weight excluding hydrogens is 404 g/mol. The maximum atomic E-state index is 12.0. The second kappa shape index (κ2) is 9.40. The van der Waals surface area contributed by atoms with Gasteiger partial charge in [-0.05, 0) is 34.1 Å².